The molecular weight excluding hydrogens is 270 g/mol. The van der Waals surface area contributed by atoms with E-state index in [9.17, 15) is 0 Å². The van der Waals surface area contributed by atoms with Gasteiger partial charge in [0.05, 0.1) is 5.69 Å². The molecule has 0 unspecified atom stereocenters. The van der Waals surface area contributed by atoms with Crippen LogP contribution in [0, 0.1) is 0 Å². The predicted octanol–water partition coefficient (Wildman–Crippen LogP) is 4.34. The molecule has 3 nitrogen and oxygen atoms in total. The topological polar surface area (TPSA) is 40.7 Å². The third kappa shape index (κ3) is 2.83. The zero-order valence-electron chi connectivity index (χ0n) is 10.8. The molecule has 4 heteroatoms. The third-order valence-corrected chi connectivity index (χ3v) is 3.47. The van der Waals surface area contributed by atoms with Gasteiger partial charge in [-0.15, -0.1) is 0 Å². The van der Waals surface area contributed by atoms with Gasteiger partial charge in [0.25, 0.3) is 0 Å². The van der Waals surface area contributed by atoms with Crippen LogP contribution in [0.1, 0.15) is 5.56 Å². The fraction of sp³-hybridized carbons (Fsp3) is 0.0625. The Labute approximate surface area is 122 Å². The average Bonchev–Trinajstić information content (AvgIpc) is 3.01. The first-order valence-corrected chi connectivity index (χ1v) is 6.78. The molecule has 0 aliphatic rings. The maximum absolute atomic E-state index is 6.15. The van der Waals surface area contributed by atoms with Crippen molar-refractivity contribution >= 4 is 17.3 Å². The number of anilines is 1. The summed E-state index contributed by atoms with van der Waals surface area (Å²) in [7, 11) is 0. The Balaban J connectivity index is 1.75. The van der Waals surface area contributed by atoms with Crippen LogP contribution >= 0.6 is 11.6 Å². The molecule has 0 spiro atoms. The van der Waals surface area contributed by atoms with Gasteiger partial charge in [0.2, 0.25) is 0 Å². The van der Waals surface area contributed by atoms with Crippen molar-refractivity contribution in [2.45, 2.75) is 6.54 Å². The number of aromatic nitrogens is 2. The van der Waals surface area contributed by atoms with Crippen molar-refractivity contribution < 1.29 is 0 Å². The number of halogens is 1. The zero-order chi connectivity index (χ0) is 13.8. The molecule has 0 amide bonds. The molecule has 1 heterocycles. The average molecular weight is 284 g/mol. The number of nitrogens with zero attached hydrogens (tertiary/aromatic N) is 1. The van der Waals surface area contributed by atoms with Gasteiger partial charge in [0.15, 0.2) is 0 Å². The van der Waals surface area contributed by atoms with E-state index in [-0.39, 0.29) is 0 Å². The highest BCUT2D eigenvalue weighted by molar-refractivity contribution is 6.31. The summed E-state index contributed by atoms with van der Waals surface area (Å²) in [6.45, 7) is 0.698. The molecule has 0 radical (unpaired) electrons. The molecular formula is C16H14ClN3. The van der Waals surface area contributed by atoms with E-state index < -0.39 is 0 Å². The lowest BCUT2D eigenvalue weighted by atomic mass is 10.1. The summed E-state index contributed by atoms with van der Waals surface area (Å²) in [5.41, 5.74) is 4.14. The first-order chi connectivity index (χ1) is 9.83. The third-order valence-electron chi connectivity index (χ3n) is 3.10. The van der Waals surface area contributed by atoms with Crippen molar-refractivity contribution in [1.82, 2.24) is 10.2 Å². The SMILES string of the molecule is Clc1ccccc1CNc1cccc(-c2cc[nH]n2)c1. The summed E-state index contributed by atoms with van der Waals surface area (Å²) in [6, 6.07) is 18.0. The minimum Gasteiger partial charge on any atom is -0.381 e. The van der Waals surface area contributed by atoms with Gasteiger partial charge in [-0.2, -0.15) is 5.10 Å². The lowest BCUT2D eigenvalue weighted by Gasteiger charge is -2.09. The quantitative estimate of drug-likeness (QED) is 0.748. The summed E-state index contributed by atoms with van der Waals surface area (Å²) in [5, 5.41) is 11.2. The summed E-state index contributed by atoms with van der Waals surface area (Å²) in [6.07, 6.45) is 1.82. The summed E-state index contributed by atoms with van der Waals surface area (Å²) in [4.78, 5) is 0. The molecule has 1 aromatic heterocycles. The van der Waals surface area contributed by atoms with Crippen LogP contribution in [0.2, 0.25) is 5.02 Å². The highest BCUT2D eigenvalue weighted by Crippen LogP contribution is 2.22. The second-order valence-electron chi connectivity index (χ2n) is 4.49. The molecule has 2 N–H and O–H groups in total. The maximum atomic E-state index is 6.15. The zero-order valence-corrected chi connectivity index (χ0v) is 11.6. The molecule has 3 rings (SSSR count). The van der Waals surface area contributed by atoms with E-state index in [1.807, 2.05) is 54.7 Å². The van der Waals surface area contributed by atoms with E-state index in [1.54, 1.807) is 0 Å². The standard InChI is InChI=1S/C16H14ClN3/c17-15-7-2-1-4-13(15)11-18-14-6-3-5-12(10-14)16-8-9-19-20-16/h1-10,18H,11H2,(H,19,20). The molecule has 0 aliphatic carbocycles. The lowest BCUT2D eigenvalue weighted by molar-refractivity contribution is 1.09. The van der Waals surface area contributed by atoms with Crippen molar-refractivity contribution in [2.24, 2.45) is 0 Å². The van der Waals surface area contributed by atoms with Gasteiger partial charge >= 0.3 is 0 Å². The van der Waals surface area contributed by atoms with E-state index >= 15 is 0 Å². The van der Waals surface area contributed by atoms with E-state index in [1.165, 1.54) is 0 Å². The number of nitrogens with one attached hydrogen (secondary N) is 2. The molecule has 2 aromatic carbocycles. The smallest absolute Gasteiger partial charge is 0.0921 e. The van der Waals surface area contributed by atoms with Crippen LogP contribution in [-0.2, 0) is 6.54 Å². The van der Waals surface area contributed by atoms with Crippen molar-refractivity contribution in [3.63, 3.8) is 0 Å². The van der Waals surface area contributed by atoms with Crippen molar-refractivity contribution in [3.05, 3.63) is 71.4 Å². The fourth-order valence-electron chi connectivity index (χ4n) is 2.05. The fourth-order valence-corrected chi connectivity index (χ4v) is 2.25. The van der Waals surface area contributed by atoms with Crippen LogP contribution in [0.25, 0.3) is 11.3 Å². The van der Waals surface area contributed by atoms with Gasteiger partial charge in [-0.3, -0.25) is 5.10 Å². The van der Waals surface area contributed by atoms with Crippen LogP contribution in [0.4, 0.5) is 5.69 Å². The largest absolute Gasteiger partial charge is 0.381 e. The van der Waals surface area contributed by atoms with Crippen LogP contribution in [0.3, 0.4) is 0 Å². The second kappa shape index (κ2) is 5.80. The number of hydrogen-bond donors (Lipinski definition) is 2. The number of rotatable bonds is 4. The van der Waals surface area contributed by atoms with E-state index in [0.29, 0.717) is 6.54 Å². The molecule has 20 heavy (non-hydrogen) atoms. The van der Waals surface area contributed by atoms with Gasteiger partial charge in [-0.05, 0) is 29.8 Å². The molecule has 0 saturated heterocycles. The number of hydrogen-bond acceptors (Lipinski definition) is 2. The number of aromatic amines is 1. The first-order valence-electron chi connectivity index (χ1n) is 6.40. The summed E-state index contributed by atoms with van der Waals surface area (Å²) < 4.78 is 0. The minimum atomic E-state index is 0.698. The Morgan fingerprint density at radius 1 is 1.05 bits per heavy atom. The summed E-state index contributed by atoms with van der Waals surface area (Å²) >= 11 is 6.15. The molecule has 0 bridgehead atoms. The van der Waals surface area contributed by atoms with Crippen LogP contribution in [0.15, 0.2) is 60.8 Å². The van der Waals surface area contributed by atoms with Gasteiger partial charge in [0, 0.05) is 29.0 Å². The molecule has 100 valence electrons. The normalized spacial score (nSPS) is 10.4. The van der Waals surface area contributed by atoms with E-state index in [4.69, 9.17) is 11.6 Å². The number of benzene rings is 2. The Morgan fingerprint density at radius 2 is 1.95 bits per heavy atom. The van der Waals surface area contributed by atoms with Gasteiger partial charge < -0.3 is 5.32 Å². The monoisotopic (exact) mass is 283 g/mol. The predicted molar refractivity (Wildman–Crippen MR) is 82.8 cm³/mol. The minimum absolute atomic E-state index is 0.698. The molecule has 0 atom stereocenters. The Kier molecular flexibility index (Phi) is 3.70. The lowest BCUT2D eigenvalue weighted by Crippen LogP contribution is -1.99. The highest BCUT2D eigenvalue weighted by Gasteiger charge is 2.02. The van der Waals surface area contributed by atoms with Crippen LogP contribution in [-0.4, -0.2) is 10.2 Å². The first kappa shape index (κ1) is 12.8. The van der Waals surface area contributed by atoms with Gasteiger partial charge in [-0.1, -0.05) is 41.9 Å². The Bertz CT molecular complexity index is 692. The molecule has 0 fully saturated rings. The van der Waals surface area contributed by atoms with Crippen LogP contribution in [0.5, 0.6) is 0 Å². The molecule has 0 aliphatic heterocycles. The van der Waals surface area contributed by atoms with Crippen molar-refractivity contribution in [2.75, 3.05) is 5.32 Å². The van der Waals surface area contributed by atoms with E-state index in [2.05, 4.69) is 21.6 Å². The van der Waals surface area contributed by atoms with Crippen molar-refractivity contribution in [3.8, 4) is 11.3 Å². The summed E-state index contributed by atoms with van der Waals surface area (Å²) in [5.74, 6) is 0. The number of H-pyrrole nitrogens is 1. The highest BCUT2D eigenvalue weighted by atomic mass is 35.5. The second-order valence-corrected chi connectivity index (χ2v) is 4.89. The van der Waals surface area contributed by atoms with Crippen LogP contribution < -0.4 is 5.32 Å². The van der Waals surface area contributed by atoms with Gasteiger partial charge in [0.1, 0.15) is 0 Å². The van der Waals surface area contributed by atoms with E-state index in [0.717, 1.165) is 27.5 Å². The maximum Gasteiger partial charge on any atom is 0.0921 e. The molecule has 0 saturated carbocycles. The Hall–Kier alpha value is -2.26. The molecule has 3 aromatic rings. The Morgan fingerprint density at radius 3 is 2.75 bits per heavy atom. The van der Waals surface area contributed by atoms with Crippen molar-refractivity contribution in [1.29, 1.82) is 0 Å². The van der Waals surface area contributed by atoms with Gasteiger partial charge in [-0.25, -0.2) is 0 Å².